The first-order valence-electron chi connectivity index (χ1n) is 5.58. The number of phenols is 2. The van der Waals surface area contributed by atoms with Gasteiger partial charge in [-0.05, 0) is 35.9 Å². The smallest absolute Gasteiger partial charge is 0.158 e. The average molecular weight is 322 g/mol. The molecule has 98 valence electrons. The van der Waals surface area contributed by atoms with E-state index in [0.29, 0.717) is 17.7 Å². The molecule has 0 amide bonds. The molecule has 0 radical (unpaired) electrons. The number of hydrogen-bond donors (Lipinski definition) is 3. The first kappa shape index (κ1) is 13.4. The lowest BCUT2D eigenvalue weighted by Crippen LogP contribution is -2.05. The maximum atomic E-state index is 9.46. The standard InChI is InChI=1S/C14H12BrNO3/c15-11-3-1-2-9(6-11)7-12(16-19)10-4-5-13(17)14(18)8-10/h1-6,8,17-19H,7H2/b16-12+. The Balaban J connectivity index is 2.28. The normalized spacial score (nSPS) is 11.5. The van der Waals surface area contributed by atoms with Gasteiger partial charge in [-0.25, -0.2) is 0 Å². The van der Waals surface area contributed by atoms with Crippen molar-refractivity contribution in [3.8, 4) is 11.5 Å². The Morgan fingerprint density at radius 1 is 1.05 bits per heavy atom. The Hall–Kier alpha value is -2.01. The number of benzene rings is 2. The summed E-state index contributed by atoms with van der Waals surface area (Å²) in [6.45, 7) is 0. The molecule has 2 aromatic rings. The summed E-state index contributed by atoms with van der Waals surface area (Å²) in [6.07, 6.45) is 0.417. The Labute approximate surface area is 118 Å². The van der Waals surface area contributed by atoms with Gasteiger partial charge in [-0.3, -0.25) is 0 Å². The van der Waals surface area contributed by atoms with Crippen LogP contribution in [0.25, 0.3) is 0 Å². The summed E-state index contributed by atoms with van der Waals surface area (Å²) >= 11 is 3.38. The molecule has 0 bridgehead atoms. The third-order valence-corrected chi connectivity index (χ3v) is 3.18. The fraction of sp³-hybridized carbons (Fsp3) is 0.0714. The lowest BCUT2D eigenvalue weighted by atomic mass is 10.0. The van der Waals surface area contributed by atoms with Gasteiger partial charge in [0.15, 0.2) is 11.5 Å². The summed E-state index contributed by atoms with van der Waals surface area (Å²) in [5.41, 5.74) is 1.93. The van der Waals surface area contributed by atoms with Crippen LogP contribution in [-0.2, 0) is 6.42 Å². The van der Waals surface area contributed by atoms with Gasteiger partial charge >= 0.3 is 0 Å². The fourth-order valence-electron chi connectivity index (χ4n) is 1.74. The number of nitrogens with zero attached hydrogens (tertiary/aromatic N) is 1. The molecule has 0 atom stereocenters. The van der Waals surface area contributed by atoms with E-state index in [1.165, 1.54) is 12.1 Å². The predicted molar refractivity (Wildman–Crippen MR) is 75.9 cm³/mol. The van der Waals surface area contributed by atoms with Gasteiger partial charge in [0.25, 0.3) is 0 Å². The predicted octanol–water partition coefficient (Wildman–Crippen LogP) is 3.28. The molecule has 0 saturated heterocycles. The number of phenolic OH excluding ortho intramolecular Hbond substituents is 2. The second-order valence-electron chi connectivity index (χ2n) is 4.06. The summed E-state index contributed by atoms with van der Waals surface area (Å²) in [7, 11) is 0. The van der Waals surface area contributed by atoms with Gasteiger partial charge in [0, 0.05) is 16.5 Å². The molecule has 3 N–H and O–H groups in total. The fourth-order valence-corrected chi connectivity index (χ4v) is 2.19. The van der Waals surface area contributed by atoms with Crippen LogP contribution in [-0.4, -0.2) is 21.1 Å². The van der Waals surface area contributed by atoms with Crippen molar-refractivity contribution in [1.29, 1.82) is 0 Å². The van der Waals surface area contributed by atoms with Gasteiger partial charge in [-0.15, -0.1) is 0 Å². The summed E-state index contributed by atoms with van der Waals surface area (Å²) in [5, 5.41) is 31.1. The second kappa shape index (κ2) is 5.75. The SMILES string of the molecule is O/N=C(\Cc1cccc(Br)c1)c1ccc(O)c(O)c1. The number of aromatic hydroxyl groups is 2. The van der Waals surface area contributed by atoms with Crippen LogP contribution < -0.4 is 0 Å². The molecule has 0 heterocycles. The van der Waals surface area contributed by atoms with Crippen molar-refractivity contribution < 1.29 is 15.4 Å². The van der Waals surface area contributed by atoms with Gasteiger partial charge in [0.05, 0.1) is 5.71 Å². The van der Waals surface area contributed by atoms with Crippen molar-refractivity contribution in [2.24, 2.45) is 5.16 Å². The van der Waals surface area contributed by atoms with Gasteiger partial charge in [0.1, 0.15) is 0 Å². The minimum atomic E-state index is -0.243. The van der Waals surface area contributed by atoms with Gasteiger partial charge in [-0.1, -0.05) is 33.2 Å². The first-order valence-corrected chi connectivity index (χ1v) is 6.37. The third kappa shape index (κ3) is 3.26. The monoisotopic (exact) mass is 321 g/mol. The summed E-state index contributed by atoms with van der Waals surface area (Å²) in [6, 6.07) is 11.9. The van der Waals surface area contributed by atoms with E-state index >= 15 is 0 Å². The molecule has 2 rings (SSSR count). The Morgan fingerprint density at radius 3 is 2.47 bits per heavy atom. The van der Waals surface area contributed by atoms with Crippen molar-refractivity contribution in [1.82, 2.24) is 0 Å². The van der Waals surface area contributed by atoms with Crippen LogP contribution in [0.1, 0.15) is 11.1 Å². The topological polar surface area (TPSA) is 73.1 Å². The van der Waals surface area contributed by atoms with Crippen molar-refractivity contribution in [3.05, 3.63) is 58.1 Å². The van der Waals surface area contributed by atoms with Crippen LogP contribution >= 0.6 is 15.9 Å². The van der Waals surface area contributed by atoms with E-state index in [4.69, 9.17) is 5.21 Å². The minimum absolute atomic E-state index is 0.205. The summed E-state index contributed by atoms with van der Waals surface area (Å²) in [4.78, 5) is 0. The third-order valence-electron chi connectivity index (χ3n) is 2.69. The summed E-state index contributed by atoms with van der Waals surface area (Å²) in [5.74, 6) is -0.448. The molecule has 0 fully saturated rings. The Bertz CT molecular complexity index is 626. The molecule has 0 aliphatic carbocycles. The highest BCUT2D eigenvalue weighted by Gasteiger charge is 2.09. The molecule has 19 heavy (non-hydrogen) atoms. The van der Waals surface area contributed by atoms with Crippen LogP contribution in [0.2, 0.25) is 0 Å². The van der Waals surface area contributed by atoms with Gasteiger partial charge < -0.3 is 15.4 Å². The highest BCUT2D eigenvalue weighted by molar-refractivity contribution is 9.10. The highest BCUT2D eigenvalue weighted by atomic mass is 79.9. The molecule has 0 aliphatic heterocycles. The van der Waals surface area contributed by atoms with Crippen LogP contribution in [0.15, 0.2) is 52.1 Å². The lowest BCUT2D eigenvalue weighted by Gasteiger charge is -2.07. The largest absolute Gasteiger partial charge is 0.504 e. The zero-order valence-corrected chi connectivity index (χ0v) is 11.5. The molecule has 0 unspecified atom stereocenters. The number of hydrogen-bond acceptors (Lipinski definition) is 4. The van der Waals surface area contributed by atoms with Crippen molar-refractivity contribution in [2.45, 2.75) is 6.42 Å². The van der Waals surface area contributed by atoms with Crippen LogP contribution in [0.3, 0.4) is 0 Å². The molecular weight excluding hydrogens is 310 g/mol. The van der Waals surface area contributed by atoms with E-state index in [1.807, 2.05) is 24.3 Å². The first-order chi connectivity index (χ1) is 9.10. The lowest BCUT2D eigenvalue weighted by molar-refractivity contribution is 0.318. The highest BCUT2D eigenvalue weighted by Crippen LogP contribution is 2.26. The number of oxime groups is 1. The maximum absolute atomic E-state index is 9.46. The van der Waals surface area contributed by atoms with Crippen LogP contribution in [0.4, 0.5) is 0 Å². The van der Waals surface area contributed by atoms with E-state index in [1.54, 1.807) is 6.07 Å². The molecule has 0 spiro atoms. The quantitative estimate of drug-likeness (QED) is 0.351. The van der Waals surface area contributed by atoms with Crippen LogP contribution in [0.5, 0.6) is 11.5 Å². The van der Waals surface area contributed by atoms with E-state index < -0.39 is 0 Å². The van der Waals surface area contributed by atoms with Gasteiger partial charge in [0.2, 0.25) is 0 Å². The van der Waals surface area contributed by atoms with E-state index in [-0.39, 0.29) is 11.5 Å². The molecule has 4 nitrogen and oxygen atoms in total. The zero-order valence-electron chi connectivity index (χ0n) is 9.92. The molecule has 0 aliphatic rings. The van der Waals surface area contributed by atoms with Crippen molar-refractivity contribution >= 4 is 21.6 Å². The minimum Gasteiger partial charge on any atom is -0.504 e. The maximum Gasteiger partial charge on any atom is 0.158 e. The molecular formula is C14H12BrNO3. The molecule has 0 aromatic heterocycles. The second-order valence-corrected chi connectivity index (χ2v) is 4.97. The summed E-state index contributed by atoms with van der Waals surface area (Å²) < 4.78 is 0.941. The van der Waals surface area contributed by atoms with E-state index in [2.05, 4.69) is 21.1 Å². The molecule has 2 aromatic carbocycles. The van der Waals surface area contributed by atoms with E-state index in [0.717, 1.165) is 10.0 Å². The Kier molecular flexibility index (Phi) is 4.06. The van der Waals surface area contributed by atoms with Crippen molar-refractivity contribution in [2.75, 3.05) is 0 Å². The number of halogens is 1. The van der Waals surface area contributed by atoms with Crippen LogP contribution in [0, 0.1) is 0 Å². The zero-order chi connectivity index (χ0) is 13.8. The molecule has 0 saturated carbocycles. The average Bonchev–Trinajstić information content (AvgIpc) is 2.39. The van der Waals surface area contributed by atoms with E-state index in [9.17, 15) is 10.2 Å². The molecule has 5 heteroatoms. The number of rotatable bonds is 3. The van der Waals surface area contributed by atoms with Gasteiger partial charge in [-0.2, -0.15) is 0 Å². The Morgan fingerprint density at radius 2 is 1.84 bits per heavy atom. The van der Waals surface area contributed by atoms with Crippen molar-refractivity contribution in [3.63, 3.8) is 0 Å².